The normalized spacial score (nSPS) is 22.0. The summed E-state index contributed by atoms with van der Waals surface area (Å²) in [6.07, 6.45) is -0.0755. The first-order valence-electron chi connectivity index (χ1n) is 7.07. The first-order chi connectivity index (χ1) is 10.1. The maximum atomic E-state index is 12.0. The lowest BCUT2D eigenvalue weighted by Gasteiger charge is -2.19. The molecule has 0 radical (unpaired) electrons. The summed E-state index contributed by atoms with van der Waals surface area (Å²) in [7, 11) is 1.96. The Balaban J connectivity index is 1.89. The smallest absolute Gasteiger partial charge is 0.313 e. The van der Waals surface area contributed by atoms with Gasteiger partial charge in [0.2, 0.25) is 0 Å². The molecule has 1 heterocycles. The predicted octanol–water partition coefficient (Wildman–Crippen LogP) is 0.460. The number of nitrogens with zero attached hydrogens (tertiary/aromatic N) is 1. The molecule has 1 saturated heterocycles. The van der Waals surface area contributed by atoms with Crippen molar-refractivity contribution in [2.75, 3.05) is 32.1 Å². The third kappa shape index (κ3) is 4.27. The number of benzene rings is 1. The van der Waals surface area contributed by atoms with Crippen LogP contribution in [0.4, 0.5) is 5.69 Å². The minimum absolute atomic E-state index is 0.0755. The van der Waals surface area contributed by atoms with Crippen LogP contribution in [0.5, 0.6) is 0 Å². The Morgan fingerprint density at radius 2 is 1.95 bits per heavy atom. The summed E-state index contributed by atoms with van der Waals surface area (Å²) in [4.78, 5) is 25.9. The number of para-hydroxylation sites is 1. The number of anilines is 1. The fourth-order valence-corrected chi connectivity index (χ4v) is 2.43. The second-order valence-electron chi connectivity index (χ2n) is 5.12. The highest BCUT2D eigenvalue weighted by Gasteiger charge is 2.33. The maximum absolute atomic E-state index is 12.0. The third-order valence-electron chi connectivity index (χ3n) is 3.38. The van der Waals surface area contributed by atoms with Crippen LogP contribution in [0.3, 0.4) is 0 Å². The highest BCUT2D eigenvalue weighted by atomic mass is 16.5. The van der Waals surface area contributed by atoms with Gasteiger partial charge < -0.3 is 20.3 Å². The molecule has 0 spiro atoms. The van der Waals surface area contributed by atoms with Crippen molar-refractivity contribution in [1.29, 1.82) is 0 Å². The van der Waals surface area contributed by atoms with E-state index in [9.17, 15) is 9.59 Å². The molecule has 2 atom stereocenters. The fraction of sp³-hybridized carbons (Fsp3) is 0.467. The summed E-state index contributed by atoms with van der Waals surface area (Å²) in [6.45, 7) is 3.93. The van der Waals surface area contributed by atoms with Crippen LogP contribution in [0.2, 0.25) is 0 Å². The Bertz CT molecular complexity index is 492. The molecule has 2 N–H and O–H groups in total. The number of nitrogens with one attached hydrogen (secondary N) is 2. The molecule has 6 heteroatoms. The van der Waals surface area contributed by atoms with E-state index >= 15 is 0 Å². The highest BCUT2D eigenvalue weighted by Crippen LogP contribution is 2.12. The molecule has 1 aromatic rings. The summed E-state index contributed by atoms with van der Waals surface area (Å²) in [5.41, 5.74) is 0.600. The van der Waals surface area contributed by atoms with Crippen molar-refractivity contribution < 1.29 is 14.3 Å². The number of hydrogen-bond acceptors (Lipinski definition) is 4. The van der Waals surface area contributed by atoms with Gasteiger partial charge in [-0.2, -0.15) is 0 Å². The maximum Gasteiger partial charge on any atom is 0.313 e. The number of rotatable bonds is 4. The summed E-state index contributed by atoms with van der Waals surface area (Å²) < 4.78 is 5.60. The lowest BCUT2D eigenvalue weighted by Crippen LogP contribution is -2.48. The van der Waals surface area contributed by atoms with Gasteiger partial charge >= 0.3 is 11.8 Å². The van der Waals surface area contributed by atoms with Crippen LogP contribution < -0.4 is 10.6 Å². The van der Waals surface area contributed by atoms with Crippen molar-refractivity contribution in [3.05, 3.63) is 30.3 Å². The summed E-state index contributed by atoms with van der Waals surface area (Å²) in [6, 6.07) is 8.74. The Kier molecular flexibility index (Phi) is 5.30. The zero-order chi connectivity index (χ0) is 15.2. The van der Waals surface area contributed by atoms with E-state index in [0.29, 0.717) is 18.8 Å². The van der Waals surface area contributed by atoms with E-state index in [0.717, 1.165) is 6.54 Å². The van der Waals surface area contributed by atoms with E-state index in [-0.39, 0.29) is 12.1 Å². The van der Waals surface area contributed by atoms with Gasteiger partial charge in [-0.05, 0) is 26.1 Å². The quantitative estimate of drug-likeness (QED) is 0.791. The number of hydrogen-bond donors (Lipinski definition) is 2. The highest BCUT2D eigenvalue weighted by molar-refractivity contribution is 6.39. The molecule has 6 nitrogen and oxygen atoms in total. The molecule has 1 fully saturated rings. The average Bonchev–Trinajstić information content (AvgIpc) is 2.80. The predicted molar refractivity (Wildman–Crippen MR) is 79.9 cm³/mol. The van der Waals surface area contributed by atoms with Gasteiger partial charge in [0.25, 0.3) is 0 Å². The summed E-state index contributed by atoms with van der Waals surface area (Å²) in [5.74, 6) is -1.30. The molecule has 0 aliphatic carbocycles. The molecular weight excluding hydrogens is 270 g/mol. The van der Waals surface area contributed by atoms with Crippen LogP contribution in [0, 0.1) is 0 Å². The molecule has 0 unspecified atom stereocenters. The standard InChI is InChI=1S/C15H21N3O3/c1-3-21-13-10-18(2)9-12(13)17-15(20)14(19)16-11-7-5-4-6-8-11/h4-8,12-13H,3,9-10H2,1-2H3,(H,16,19)(H,17,20)/t12-,13-/m1/s1. The number of amides is 2. The van der Waals surface area contributed by atoms with Gasteiger partial charge in [-0.3, -0.25) is 9.59 Å². The van der Waals surface area contributed by atoms with Crippen LogP contribution >= 0.6 is 0 Å². The molecule has 0 aromatic heterocycles. The van der Waals surface area contributed by atoms with Crippen molar-refractivity contribution in [3.63, 3.8) is 0 Å². The van der Waals surface area contributed by atoms with Gasteiger partial charge in [0, 0.05) is 25.4 Å². The van der Waals surface area contributed by atoms with Gasteiger partial charge in [0.05, 0.1) is 12.1 Å². The van der Waals surface area contributed by atoms with Crippen molar-refractivity contribution in [2.45, 2.75) is 19.1 Å². The largest absolute Gasteiger partial charge is 0.375 e. The second-order valence-corrected chi connectivity index (χ2v) is 5.12. The Hall–Kier alpha value is -1.92. The zero-order valence-corrected chi connectivity index (χ0v) is 12.3. The van der Waals surface area contributed by atoms with Crippen LogP contribution in [0.1, 0.15) is 6.92 Å². The van der Waals surface area contributed by atoms with Crippen LogP contribution in [0.25, 0.3) is 0 Å². The SMILES string of the molecule is CCO[C@@H]1CN(C)C[C@H]1NC(=O)C(=O)Nc1ccccc1. The number of likely N-dealkylation sites (tertiary alicyclic amines) is 1. The molecule has 1 aromatic carbocycles. The second kappa shape index (κ2) is 7.19. The van der Waals surface area contributed by atoms with E-state index in [4.69, 9.17) is 4.74 Å². The molecule has 2 rings (SSSR count). The van der Waals surface area contributed by atoms with Crippen molar-refractivity contribution in [2.24, 2.45) is 0 Å². The molecule has 21 heavy (non-hydrogen) atoms. The number of carbonyl (C=O) groups excluding carboxylic acids is 2. The number of carbonyl (C=O) groups is 2. The molecule has 1 aliphatic heterocycles. The van der Waals surface area contributed by atoms with Crippen LogP contribution in [-0.2, 0) is 14.3 Å². The van der Waals surface area contributed by atoms with Crippen molar-refractivity contribution in [1.82, 2.24) is 10.2 Å². The first-order valence-corrected chi connectivity index (χ1v) is 7.07. The lowest BCUT2D eigenvalue weighted by molar-refractivity contribution is -0.137. The topological polar surface area (TPSA) is 70.7 Å². The molecular formula is C15H21N3O3. The van der Waals surface area contributed by atoms with Gasteiger partial charge in [-0.1, -0.05) is 18.2 Å². The minimum atomic E-state index is -0.661. The number of ether oxygens (including phenoxy) is 1. The molecule has 2 amide bonds. The fourth-order valence-electron chi connectivity index (χ4n) is 2.43. The first kappa shape index (κ1) is 15.5. The Morgan fingerprint density at radius 1 is 1.24 bits per heavy atom. The summed E-state index contributed by atoms with van der Waals surface area (Å²) in [5, 5.41) is 5.31. The molecule has 114 valence electrons. The van der Waals surface area contributed by atoms with Gasteiger partial charge in [0.1, 0.15) is 0 Å². The van der Waals surface area contributed by atoms with E-state index in [1.54, 1.807) is 24.3 Å². The molecule has 1 aliphatic rings. The van der Waals surface area contributed by atoms with Gasteiger partial charge in [0.15, 0.2) is 0 Å². The lowest BCUT2D eigenvalue weighted by atomic mass is 10.2. The van der Waals surface area contributed by atoms with E-state index in [2.05, 4.69) is 15.5 Å². The van der Waals surface area contributed by atoms with Gasteiger partial charge in [-0.25, -0.2) is 0 Å². The zero-order valence-electron chi connectivity index (χ0n) is 12.3. The van der Waals surface area contributed by atoms with E-state index in [1.807, 2.05) is 20.0 Å². The third-order valence-corrected chi connectivity index (χ3v) is 3.38. The summed E-state index contributed by atoms with van der Waals surface area (Å²) >= 11 is 0. The van der Waals surface area contributed by atoms with Crippen LogP contribution in [-0.4, -0.2) is 55.6 Å². The number of likely N-dealkylation sites (N-methyl/N-ethyl adjacent to an activating group) is 1. The average molecular weight is 291 g/mol. The van der Waals surface area contributed by atoms with Crippen molar-refractivity contribution >= 4 is 17.5 Å². The monoisotopic (exact) mass is 291 g/mol. The Morgan fingerprint density at radius 3 is 2.62 bits per heavy atom. The Labute approximate surface area is 124 Å². The molecule has 0 saturated carbocycles. The minimum Gasteiger partial charge on any atom is -0.375 e. The van der Waals surface area contributed by atoms with Crippen LogP contribution in [0.15, 0.2) is 30.3 Å². The van der Waals surface area contributed by atoms with E-state index < -0.39 is 11.8 Å². The van der Waals surface area contributed by atoms with Gasteiger partial charge in [-0.15, -0.1) is 0 Å². The van der Waals surface area contributed by atoms with E-state index in [1.165, 1.54) is 0 Å². The van der Waals surface area contributed by atoms with Crippen molar-refractivity contribution in [3.8, 4) is 0 Å². The molecule has 0 bridgehead atoms.